The van der Waals surface area contributed by atoms with Crippen molar-refractivity contribution in [3.8, 4) is 0 Å². The number of hydrogen-bond donors (Lipinski definition) is 0. The zero-order chi connectivity index (χ0) is 14.4. The Kier molecular flexibility index (Phi) is 2.93. The molecule has 2 aromatic carbocycles. The summed E-state index contributed by atoms with van der Waals surface area (Å²) in [6, 6.07) is 13.2. The molecule has 0 amide bonds. The SMILES string of the molecule is CC1=CN=C(c2c(C)ccc3c2sc2ccccc23)CC1. The van der Waals surface area contributed by atoms with Gasteiger partial charge in [-0.1, -0.05) is 35.9 Å². The van der Waals surface area contributed by atoms with Crippen molar-refractivity contribution in [3.63, 3.8) is 0 Å². The summed E-state index contributed by atoms with van der Waals surface area (Å²) in [5.74, 6) is 0. The van der Waals surface area contributed by atoms with Crippen molar-refractivity contribution in [1.29, 1.82) is 0 Å². The first-order valence-electron chi connectivity index (χ1n) is 7.37. The van der Waals surface area contributed by atoms with E-state index in [0.717, 1.165) is 12.8 Å². The summed E-state index contributed by atoms with van der Waals surface area (Å²) >= 11 is 1.90. The summed E-state index contributed by atoms with van der Waals surface area (Å²) in [5, 5.41) is 2.73. The Labute approximate surface area is 128 Å². The molecule has 0 saturated carbocycles. The van der Waals surface area contributed by atoms with Crippen molar-refractivity contribution in [3.05, 3.63) is 59.3 Å². The Balaban J connectivity index is 2.06. The van der Waals surface area contributed by atoms with Gasteiger partial charge in [0.2, 0.25) is 0 Å². The van der Waals surface area contributed by atoms with Gasteiger partial charge in [-0.2, -0.15) is 0 Å². The second-order valence-electron chi connectivity index (χ2n) is 5.78. The molecule has 1 nitrogen and oxygen atoms in total. The van der Waals surface area contributed by atoms with Gasteiger partial charge in [0.1, 0.15) is 0 Å². The summed E-state index contributed by atoms with van der Waals surface area (Å²) in [6.07, 6.45) is 4.21. The summed E-state index contributed by atoms with van der Waals surface area (Å²) < 4.78 is 2.75. The highest BCUT2D eigenvalue weighted by molar-refractivity contribution is 7.26. The minimum Gasteiger partial charge on any atom is -0.261 e. The fraction of sp³-hybridized carbons (Fsp3) is 0.211. The first-order chi connectivity index (χ1) is 10.2. The van der Waals surface area contributed by atoms with E-state index in [4.69, 9.17) is 4.99 Å². The average molecular weight is 291 g/mol. The van der Waals surface area contributed by atoms with Crippen LogP contribution in [0.2, 0.25) is 0 Å². The molecule has 0 fully saturated rings. The smallest absolute Gasteiger partial charge is 0.0496 e. The van der Waals surface area contributed by atoms with E-state index in [1.165, 1.54) is 42.6 Å². The van der Waals surface area contributed by atoms with Crippen molar-refractivity contribution in [2.75, 3.05) is 0 Å². The lowest BCUT2D eigenvalue weighted by molar-refractivity contribution is 0.976. The Morgan fingerprint density at radius 2 is 1.81 bits per heavy atom. The molecule has 0 spiro atoms. The van der Waals surface area contributed by atoms with Crippen molar-refractivity contribution in [2.24, 2.45) is 4.99 Å². The van der Waals surface area contributed by atoms with Crippen molar-refractivity contribution in [1.82, 2.24) is 0 Å². The molecule has 0 bridgehead atoms. The summed E-state index contributed by atoms with van der Waals surface area (Å²) in [7, 11) is 0. The number of rotatable bonds is 1. The highest BCUT2D eigenvalue weighted by Gasteiger charge is 2.16. The summed E-state index contributed by atoms with van der Waals surface area (Å²) in [4.78, 5) is 4.72. The monoisotopic (exact) mass is 291 g/mol. The molecule has 21 heavy (non-hydrogen) atoms. The van der Waals surface area contributed by atoms with E-state index in [0.29, 0.717) is 0 Å². The minimum absolute atomic E-state index is 1.05. The first kappa shape index (κ1) is 12.8. The van der Waals surface area contributed by atoms with Crippen LogP contribution in [0.3, 0.4) is 0 Å². The zero-order valence-corrected chi connectivity index (χ0v) is 13.1. The Morgan fingerprint density at radius 3 is 2.62 bits per heavy atom. The molecule has 0 N–H and O–H groups in total. The standard InChI is InChI=1S/C19H17NS/c1-12-7-10-16(20-11-12)18-13(2)8-9-15-14-5-3-4-6-17(14)21-19(15)18/h3-6,8-9,11H,7,10H2,1-2H3. The number of allylic oxidation sites excluding steroid dienone is 1. The van der Waals surface area contributed by atoms with Crippen LogP contribution in [0, 0.1) is 6.92 Å². The van der Waals surface area contributed by atoms with Gasteiger partial charge in [-0.15, -0.1) is 11.3 Å². The normalized spacial score (nSPS) is 15.3. The average Bonchev–Trinajstić information content (AvgIpc) is 2.87. The third kappa shape index (κ3) is 2.02. The molecular weight excluding hydrogens is 274 g/mol. The lowest BCUT2D eigenvalue weighted by Gasteiger charge is -2.14. The van der Waals surface area contributed by atoms with Gasteiger partial charge in [0, 0.05) is 37.6 Å². The highest BCUT2D eigenvalue weighted by atomic mass is 32.1. The summed E-state index contributed by atoms with van der Waals surface area (Å²) in [5.41, 5.74) is 5.31. The fourth-order valence-corrected chi connectivity index (χ4v) is 4.39. The van der Waals surface area contributed by atoms with Crippen LogP contribution in [0.1, 0.15) is 30.9 Å². The Hall–Kier alpha value is -1.93. The Bertz CT molecular complexity index is 912. The van der Waals surface area contributed by atoms with Crippen LogP contribution in [0.4, 0.5) is 0 Å². The molecule has 2 heteroatoms. The first-order valence-corrected chi connectivity index (χ1v) is 8.19. The molecule has 3 aromatic rings. The molecule has 104 valence electrons. The maximum absolute atomic E-state index is 4.72. The van der Waals surface area contributed by atoms with E-state index in [-0.39, 0.29) is 0 Å². The predicted molar refractivity (Wildman–Crippen MR) is 93.6 cm³/mol. The molecule has 4 rings (SSSR count). The van der Waals surface area contributed by atoms with Crippen LogP contribution >= 0.6 is 11.3 Å². The van der Waals surface area contributed by atoms with E-state index >= 15 is 0 Å². The third-order valence-electron chi connectivity index (χ3n) is 4.24. The number of fused-ring (bicyclic) bond motifs is 3. The van der Waals surface area contributed by atoms with Crippen LogP contribution in [0.25, 0.3) is 20.2 Å². The number of thiophene rings is 1. The second-order valence-corrected chi connectivity index (χ2v) is 6.84. The zero-order valence-electron chi connectivity index (χ0n) is 12.3. The number of aliphatic imine (C=N–C) groups is 1. The van der Waals surface area contributed by atoms with Gasteiger partial charge in [-0.05, 0) is 38.3 Å². The summed E-state index contributed by atoms with van der Waals surface area (Å²) in [6.45, 7) is 4.36. The minimum atomic E-state index is 1.05. The number of benzene rings is 2. The van der Waals surface area contributed by atoms with Crippen LogP contribution in [-0.2, 0) is 0 Å². The van der Waals surface area contributed by atoms with Gasteiger partial charge in [0.15, 0.2) is 0 Å². The molecule has 1 aliphatic rings. The van der Waals surface area contributed by atoms with Gasteiger partial charge in [-0.25, -0.2) is 0 Å². The number of nitrogens with zero attached hydrogens (tertiary/aromatic N) is 1. The number of aryl methyl sites for hydroxylation is 1. The van der Waals surface area contributed by atoms with E-state index in [9.17, 15) is 0 Å². The van der Waals surface area contributed by atoms with Crippen LogP contribution < -0.4 is 0 Å². The van der Waals surface area contributed by atoms with Crippen molar-refractivity contribution >= 4 is 37.2 Å². The maximum atomic E-state index is 4.72. The quantitative estimate of drug-likeness (QED) is 0.533. The van der Waals surface area contributed by atoms with Gasteiger partial charge >= 0.3 is 0 Å². The van der Waals surface area contributed by atoms with Gasteiger partial charge in [-0.3, -0.25) is 4.99 Å². The van der Waals surface area contributed by atoms with E-state index in [1.807, 2.05) is 17.5 Å². The highest BCUT2D eigenvalue weighted by Crippen LogP contribution is 2.38. The molecule has 0 atom stereocenters. The molecule has 0 aliphatic carbocycles. The topological polar surface area (TPSA) is 12.4 Å². The number of hydrogen-bond acceptors (Lipinski definition) is 2. The van der Waals surface area contributed by atoms with Gasteiger partial charge < -0.3 is 0 Å². The lowest BCUT2D eigenvalue weighted by atomic mass is 9.95. The van der Waals surface area contributed by atoms with Crippen molar-refractivity contribution in [2.45, 2.75) is 26.7 Å². The molecule has 0 unspecified atom stereocenters. The molecule has 1 aromatic heterocycles. The van der Waals surface area contributed by atoms with E-state index in [1.54, 1.807) is 0 Å². The van der Waals surface area contributed by atoms with E-state index in [2.05, 4.69) is 50.2 Å². The van der Waals surface area contributed by atoms with E-state index < -0.39 is 0 Å². The van der Waals surface area contributed by atoms with Crippen LogP contribution in [0.5, 0.6) is 0 Å². The van der Waals surface area contributed by atoms with Crippen LogP contribution in [-0.4, -0.2) is 5.71 Å². The fourth-order valence-electron chi connectivity index (χ4n) is 3.07. The lowest BCUT2D eigenvalue weighted by Crippen LogP contribution is -2.06. The third-order valence-corrected chi connectivity index (χ3v) is 5.44. The maximum Gasteiger partial charge on any atom is 0.0496 e. The van der Waals surface area contributed by atoms with Gasteiger partial charge in [0.05, 0.1) is 0 Å². The van der Waals surface area contributed by atoms with Crippen molar-refractivity contribution < 1.29 is 0 Å². The molecule has 0 saturated heterocycles. The molecule has 1 aliphatic heterocycles. The molecule has 0 radical (unpaired) electrons. The second kappa shape index (κ2) is 4.81. The largest absolute Gasteiger partial charge is 0.261 e. The van der Waals surface area contributed by atoms with Gasteiger partial charge in [0.25, 0.3) is 0 Å². The Morgan fingerprint density at radius 1 is 0.952 bits per heavy atom. The van der Waals surface area contributed by atoms with Crippen LogP contribution in [0.15, 0.2) is 53.2 Å². The molecular formula is C19H17NS. The molecule has 2 heterocycles. The predicted octanol–water partition coefficient (Wildman–Crippen LogP) is 5.85.